The normalized spacial score (nSPS) is 11.9. The monoisotopic (exact) mass is 327 g/mol. The van der Waals surface area contributed by atoms with E-state index < -0.39 is 6.10 Å². The summed E-state index contributed by atoms with van der Waals surface area (Å²) in [6.07, 6.45) is -0.615. The minimum atomic E-state index is -0.615. The molecule has 0 saturated heterocycles. The highest BCUT2D eigenvalue weighted by Crippen LogP contribution is 2.26. The van der Waals surface area contributed by atoms with Gasteiger partial charge >= 0.3 is 0 Å². The SMILES string of the molecule is COc1ccccc1NC(=O)C(C)Oc1cc(C(C)C)ccc1C. The molecular formula is C20H25NO3. The fraction of sp³-hybridized carbons (Fsp3) is 0.350. The molecule has 1 N–H and O–H groups in total. The van der Waals surface area contributed by atoms with Crippen LogP contribution in [-0.4, -0.2) is 19.1 Å². The molecule has 0 spiro atoms. The zero-order valence-electron chi connectivity index (χ0n) is 14.9. The van der Waals surface area contributed by atoms with Gasteiger partial charge in [0.1, 0.15) is 11.5 Å². The molecule has 1 atom stereocenters. The molecule has 0 fully saturated rings. The summed E-state index contributed by atoms with van der Waals surface area (Å²) in [5, 5.41) is 2.85. The molecule has 0 bridgehead atoms. The molecule has 1 unspecified atom stereocenters. The Morgan fingerprint density at radius 1 is 1.04 bits per heavy atom. The van der Waals surface area contributed by atoms with Crippen molar-refractivity contribution in [2.24, 2.45) is 0 Å². The average molecular weight is 327 g/mol. The van der Waals surface area contributed by atoms with Crippen molar-refractivity contribution in [3.05, 3.63) is 53.6 Å². The fourth-order valence-corrected chi connectivity index (χ4v) is 2.33. The molecule has 0 aliphatic carbocycles. The maximum absolute atomic E-state index is 12.4. The van der Waals surface area contributed by atoms with Gasteiger partial charge in [-0.15, -0.1) is 0 Å². The minimum absolute atomic E-state index is 0.214. The molecule has 0 radical (unpaired) electrons. The van der Waals surface area contributed by atoms with E-state index in [0.717, 1.165) is 11.3 Å². The lowest BCUT2D eigenvalue weighted by molar-refractivity contribution is -0.122. The number of ether oxygens (including phenoxy) is 2. The summed E-state index contributed by atoms with van der Waals surface area (Å²) in [6, 6.07) is 13.4. The lowest BCUT2D eigenvalue weighted by Gasteiger charge is -2.18. The molecule has 0 aliphatic rings. The van der Waals surface area contributed by atoms with Crippen molar-refractivity contribution in [2.45, 2.75) is 39.7 Å². The van der Waals surface area contributed by atoms with E-state index in [1.165, 1.54) is 5.56 Å². The van der Waals surface area contributed by atoms with Crippen LogP contribution in [-0.2, 0) is 4.79 Å². The maximum atomic E-state index is 12.4. The van der Waals surface area contributed by atoms with Gasteiger partial charge in [0.2, 0.25) is 0 Å². The Kier molecular flexibility index (Phi) is 5.85. The van der Waals surface area contributed by atoms with Gasteiger partial charge in [-0.1, -0.05) is 38.1 Å². The van der Waals surface area contributed by atoms with E-state index in [-0.39, 0.29) is 5.91 Å². The number of methoxy groups -OCH3 is 1. The Morgan fingerprint density at radius 2 is 1.75 bits per heavy atom. The third-order valence-corrected chi connectivity index (χ3v) is 3.92. The number of para-hydroxylation sites is 2. The summed E-state index contributed by atoms with van der Waals surface area (Å²) in [5.41, 5.74) is 2.83. The number of carbonyl (C=O) groups is 1. The summed E-state index contributed by atoms with van der Waals surface area (Å²) in [5.74, 6) is 1.56. The number of hydrogen-bond acceptors (Lipinski definition) is 3. The molecule has 4 heteroatoms. The Balaban J connectivity index is 2.10. The Morgan fingerprint density at radius 3 is 2.42 bits per heavy atom. The van der Waals surface area contributed by atoms with Crippen LogP contribution in [0.4, 0.5) is 5.69 Å². The van der Waals surface area contributed by atoms with E-state index in [9.17, 15) is 4.79 Å². The summed E-state index contributed by atoms with van der Waals surface area (Å²) in [4.78, 5) is 12.4. The van der Waals surface area contributed by atoms with Gasteiger partial charge in [0.15, 0.2) is 6.10 Å². The molecular weight excluding hydrogens is 302 g/mol. The van der Waals surface area contributed by atoms with Gasteiger partial charge in [0.25, 0.3) is 5.91 Å². The number of aryl methyl sites for hydroxylation is 1. The highest BCUT2D eigenvalue weighted by atomic mass is 16.5. The van der Waals surface area contributed by atoms with E-state index in [2.05, 4.69) is 25.2 Å². The lowest BCUT2D eigenvalue weighted by Crippen LogP contribution is -2.30. The predicted molar refractivity (Wildman–Crippen MR) is 97.0 cm³/mol. The van der Waals surface area contributed by atoms with Crippen LogP contribution in [0, 0.1) is 6.92 Å². The number of amides is 1. The van der Waals surface area contributed by atoms with Crippen LogP contribution in [0.2, 0.25) is 0 Å². The third-order valence-electron chi connectivity index (χ3n) is 3.92. The summed E-state index contributed by atoms with van der Waals surface area (Å²) in [7, 11) is 1.58. The average Bonchev–Trinajstić information content (AvgIpc) is 2.57. The summed E-state index contributed by atoms with van der Waals surface area (Å²) >= 11 is 0. The lowest BCUT2D eigenvalue weighted by atomic mass is 10.0. The highest BCUT2D eigenvalue weighted by molar-refractivity contribution is 5.95. The first kappa shape index (κ1) is 17.9. The van der Waals surface area contributed by atoms with Crippen molar-refractivity contribution >= 4 is 11.6 Å². The van der Waals surface area contributed by atoms with E-state index in [0.29, 0.717) is 17.4 Å². The first-order chi connectivity index (χ1) is 11.4. The number of anilines is 1. The summed E-state index contributed by atoms with van der Waals surface area (Å²) < 4.78 is 11.1. The van der Waals surface area contributed by atoms with Crippen LogP contribution in [0.15, 0.2) is 42.5 Å². The largest absolute Gasteiger partial charge is 0.495 e. The van der Waals surface area contributed by atoms with E-state index >= 15 is 0 Å². The molecule has 0 aromatic heterocycles. The van der Waals surface area contributed by atoms with Crippen LogP contribution in [0.3, 0.4) is 0 Å². The van der Waals surface area contributed by atoms with E-state index in [1.54, 1.807) is 26.2 Å². The molecule has 0 aliphatic heterocycles. The van der Waals surface area contributed by atoms with Crippen molar-refractivity contribution in [3.63, 3.8) is 0 Å². The number of carbonyl (C=O) groups excluding carboxylic acids is 1. The standard InChI is InChI=1S/C20H25NO3/c1-13(2)16-11-10-14(3)19(12-16)24-15(4)20(22)21-17-8-6-7-9-18(17)23-5/h6-13,15H,1-5H3,(H,21,22). The molecule has 4 nitrogen and oxygen atoms in total. The van der Waals surface area contributed by atoms with Crippen LogP contribution < -0.4 is 14.8 Å². The van der Waals surface area contributed by atoms with Gasteiger partial charge in [-0.25, -0.2) is 0 Å². The molecule has 2 aromatic carbocycles. The van der Waals surface area contributed by atoms with Crippen molar-refractivity contribution in [2.75, 3.05) is 12.4 Å². The molecule has 2 rings (SSSR count). The molecule has 24 heavy (non-hydrogen) atoms. The predicted octanol–water partition coefficient (Wildman–Crippen LogP) is 4.53. The number of rotatable bonds is 6. The van der Waals surface area contributed by atoms with Crippen LogP contribution in [0.25, 0.3) is 0 Å². The van der Waals surface area contributed by atoms with Crippen molar-refractivity contribution in [1.29, 1.82) is 0 Å². The molecule has 1 amide bonds. The number of hydrogen-bond donors (Lipinski definition) is 1. The zero-order valence-corrected chi connectivity index (χ0v) is 14.9. The van der Waals surface area contributed by atoms with Gasteiger partial charge in [0, 0.05) is 0 Å². The molecule has 0 heterocycles. The summed E-state index contributed by atoms with van der Waals surface area (Å²) in [6.45, 7) is 7.98. The third kappa shape index (κ3) is 4.28. The Labute approximate surface area is 143 Å². The Hall–Kier alpha value is -2.49. The van der Waals surface area contributed by atoms with Crippen LogP contribution >= 0.6 is 0 Å². The van der Waals surface area contributed by atoms with Gasteiger partial charge in [-0.3, -0.25) is 4.79 Å². The second-order valence-electron chi connectivity index (χ2n) is 6.13. The number of nitrogens with one attached hydrogen (secondary N) is 1. The first-order valence-electron chi connectivity index (χ1n) is 8.13. The topological polar surface area (TPSA) is 47.6 Å². The maximum Gasteiger partial charge on any atom is 0.265 e. The second-order valence-corrected chi connectivity index (χ2v) is 6.13. The highest BCUT2D eigenvalue weighted by Gasteiger charge is 2.18. The molecule has 128 valence electrons. The first-order valence-corrected chi connectivity index (χ1v) is 8.13. The van der Waals surface area contributed by atoms with Crippen molar-refractivity contribution < 1.29 is 14.3 Å². The minimum Gasteiger partial charge on any atom is -0.495 e. The molecule has 2 aromatic rings. The quantitative estimate of drug-likeness (QED) is 0.848. The molecule has 0 saturated carbocycles. The van der Waals surface area contributed by atoms with Gasteiger partial charge in [0.05, 0.1) is 12.8 Å². The number of benzene rings is 2. The van der Waals surface area contributed by atoms with Gasteiger partial charge < -0.3 is 14.8 Å². The van der Waals surface area contributed by atoms with Crippen LogP contribution in [0.1, 0.15) is 37.8 Å². The van der Waals surface area contributed by atoms with Crippen molar-refractivity contribution in [3.8, 4) is 11.5 Å². The van der Waals surface area contributed by atoms with Crippen molar-refractivity contribution in [1.82, 2.24) is 0 Å². The fourth-order valence-electron chi connectivity index (χ4n) is 2.33. The van der Waals surface area contributed by atoms with E-state index in [4.69, 9.17) is 9.47 Å². The van der Waals surface area contributed by atoms with Gasteiger partial charge in [-0.05, 0) is 49.1 Å². The van der Waals surface area contributed by atoms with E-state index in [1.807, 2.05) is 31.2 Å². The van der Waals surface area contributed by atoms with Crippen LogP contribution in [0.5, 0.6) is 11.5 Å². The smallest absolute Gasteiger partial charge is 0.265 e. The Bertz CT molecular complexity index is 710. The zero-order chi connectivity index (χ0) is 17.7. The van der Waals surface area contributed by atoms with Gasteiger partial charge in [-0.2, -0.15) is 0 Å². The second kappa shape index (κ2) is 7.86.